The average molecular weight is 273 g/mol. The van der Waals surface area contributed by atoms with Gasteiger partial charge in [-0.3, -0.25) is 0 Å². The minimum absolute atomic E-state index is 0.430. The third kappa shape index (κ3) is 2.41. The zero-order valence-corrected chi connectivity index (χ0v) is 12.5. The van der Waals surface area contributed by atoms with E-state index in [1.807, 2.05) is 0 Å². The second-order valence-electron chi connectivity index (χ2n) is 5.73. The molecule has 0 N–H and O–H groups in total. The molecule has 0 radical (unpaired) electrons. The Morgan fingerprint density at radius 3 is 2.85 bits per heavy atom. The fraction of sp³-hybridized carbons (Fsp3) is 0.500. The zero-order chi connectivity index (χ0) is 14.1. The van der Waals surface area contributed by atoms with Crippen molar-refractivity contribution in [1.29, 1.82) is 0 Å². The highest BCUT2D eigenvalue weighted by molar-refractivity contribution is 5.84. The third-order valence-electron chi connectivity index (χ3n) is 4.25. The van der Waals surface area contributed by atoms with Crippen molar-refractivity contribution < 1.29 is 4.74 Å². The molecule has 3 rings (SSSR count). The molecule has 0 bridgehead atoms. The summed E-state index contributed by atoms with van der Waals surface area (Å²) in [6.07, 6.45) is 2.12. The number of nitrogens with zero attached hydrogens (tertiary/aromatic N) is 3. The lowest BCUT2D eigenvalue weighted by Gasteiger charge is -2.41. The molecule has 1 saturated heterocycles. The van der Waals surface area contributed by atoms with Gasteiger partial charge in [-0.25, -0.2) is 0 Å². The number of fused-ring (bicyclic) bond motifs is 1. The van der Waals surface area contributed by atoms with Gasteiger partial charge in [-0.15, -0.1) is 0 Å². The van der Waals surface area contributed by atoms with Gasteiger partial charge in [0.2, 0.25) is 0 Å². The first-order chi connectivity index (χ1) is 9.69. The molecule has 1 fully saturated rings. The number of aromatic nitrogens is 1. The van der Waals surface area contributed by atoms with Gasteiger partial charge >= 0.3 is 0 Å². The van der Waals surface area contributed by atoms with E-state index < -0.39 is 0 Å². The molecular formula is C16H23N3O. The van der Waals surface area contributed by atoms with Crippen LogP contribution in [-0.4, -0.2) is 55.9 Å². The molecule has 4 nitrogen and oxygen atoms in total. The number of methoxy groups -OCH3 is 1. The van der Waals surface area contributed by atoms with Gasteiger partial charge in [0.1, 0.15) is 0 Å². The number of hydrogen-bond acceptors (Lipinski definition) is 3. The van der Waals surface area contributed by atoms with Gasteiger partial charge in [0, 0.05) is 56.6 Å². The number of rotatable bonds is 3. The number of likely N-dealkylation sites (N-methyl/N-ethyl adjacent to an activating group) is 1. The van der Waals surface area contributed by atoms with Crippen LogP contribution >= 0.6 is 0 Å². The highest BCUT2D eigenvalue weighted by Gasteiger charge is 2.25. The van der Waals surface area contributed by atoms with Crippen molar-refractivity contribution in [3.05, 3.63) is 30.5 Å². The summed E-state index contributed by atoms with van der Waals surface area (Å²) in [6.45, 7) is 3.99. The summed E-state index contributed by atoms with van der Waals surface area (Å²) in [5.41, 5.74) is 2.59. The standard InChI is InChI=1S/C16H23N3O/c1-17-8-9-19(15(11-17)12-20-3)14-4-5-16-13(10-14)6-7-18(16)2/h4-7,10,15H,8-9,11-12H2,1-3H3/t15-/m0/s1. The lowest BCUT2D eigenvalue weighted by atomic mass is 10.1. The summed E-state index contributed by atoms with van der Waals surface area (Å²) in [5.74, 6) is 0. The predicted octanol–water partition coefficient (Wildman–Crippen LogP) is 1.95. The third-order valence-corrected chi connectivity index (χ3v) is 4.25. The van der Waals surface area contributed by atoms with E-state index in [1.54, 1.807) is 7.11 Å². The van der Waals surface area contributed by atoms with Crippen LogP contribution < -0.4 is 4.90 Å². The number of anilines is 1. The van der Waals surface area contributed by atoms with Crippen molar-refractivity contribution in [2.45, 2.75) is 6.04 Å². The fourth-order valence-electron chi connectivity index (χ4n) is 3.13. The molecule has 2 heterocycles. The van der Waals surface area contributed by atoms with Crippen molar-refractivity contribution in [3.8, 4) is 0 Å². The Hall–Kier alpha value is -1.52. The van der Waals surface area contributed by atoms with Gasteiger partial charge in [0.15, 0.2) is 0 Å². The van der Waals surface area contributed by atoms with Gasteiger partial charge in [0.05, 0.1) is 12.6 Å². The Morgan fingerprint density at radius 1 is 1.20 bits per heavy atom. The first-order valence-electron chi connectivity index (χ1n) is 7.18. The summed E-state index contributed by atoms with van der Waals surface area (Å²) in [7, 11) is 6.05. The summed E-state index contributed by atoms with van der Waals surface area (Å²) in [5, 5.41) is 1.31. The fourth-order valence-corrected chi connectivity index (χ4v) is 3.13. The summed E-state index contributed by atoms with van der Waals surface area (Å²) < 4.78 is 7.56. The minimum Gasteiger partial charge on any atom is -0.383 e. The van der Waals surface area contributed by atoms with E-state index in [1.165, 1.54) is 16.6 Å². The quantitative estimate of drug-likeness (QED) is 0.852. The Kier molecular flexibility index (Phi) is 3.68. The van der Waals surface area contributed by atoms with Crippen LogP contribution in [-0.2, 0) is 11.8 Å². The van der Waals surface area contributed by atoms with Crippen molar-refractivity contribution >= 4 is 16.6 Å². The SMILES string of the molecule is COC[C@@H]1CN(C)CCN1c1ccc2c(ccn2C)c1. The minimum atomic E-state index is 0.430. The second kappa shape index (κ2) is 5.46. The van der Waals surface area contributed by atoms with E-state index in [0.717, 1.165) is 26.2 Å². The molecular weight excluding hydrogens is 250 g/mol. The van der Waals surface area contributed by atoms with Gasteiger partial charge in [0.25, 0.3) is 0 Å². The highest BCUT2D eigenvalue weighted by atomic mass is 16.5. The van der Waals surface area contributed by atoms with Crippen LogP contribution in [0.25, 0.3) is 10.9 Å². The van der Waals surface area contributed by atoms with Crippen molar-refractivity contribution in [1.82, 2.24) is 9.47 Å². The lowest BCUT2D eigenvalue weighted by Crippen LogP contribution is -2.53. The van der Waals surface area contributed by atoms with Crippen molar-refractivity contribution in [2.75, 3.05) is 45.3 Å². The maximum Gasteiger partial charge on any atom is 0.0678 e. The molecule has 20 heavy (non-hydrogen) atoms. The monoisotopic (exact) mass is 273 g/mol. The Balaban J connectivity index is 1.91. The molecule has 1 aliphatic rings. The van der Waals surface area contributed by atoms with Gasteiger partial charge < -0.3 is 19.1 Å². The van der Waals surface area contributed by atoms with E-state index in [-0.39, 0.29) is 0 Å². The molecule has 2 aromatic rings. The van der Waals surface area contributed by atoms with Crippen LogP contribution in [0.4, 0.5) is 5.69 Å². The van der Waals surface area contributed by atoms with Gasteiger partial charge in [-0.1, -0.05) is 0 Å². The molecule has 0 spiro atoms. The Morgan fingerprint density at radius 2 is 2.05 bits per heavy atom. The van der Waals surface area contributed by atoms with E-state index in [4.69, 9.17) is 4.74 Å². The Labute approximate surface area is 120 Å². The molecule has 1 atom stereocenters. The van der Waals surface area contributed by atoms with Crippen LogP contribution in [0, 0.1) is 0 Å². The maximum atomic E-state index is 5.40. The number of hydrogen-bond donors (Lipinski definition) is 0. The number of piperazine rings is 1. The van der Waals surface area contributed by atoms with E-state index in [9.17, 15) is 0 Å². The molecule has 0 amide bonds. The first-order valence-corrected chi connectivity index (χ1v) is 7.18. The number of ether oxygens (including phenoxy) is 1. The number of aryl methyl sites for hydroxylation is 1. The Bertz CT molecular complexity index is 592. The largest absolute Gasteiger partial charge is 0.383 e. The van der Waals surface area contributed by atoms with Gasteiger partial charge in [-0.2, -0.15) is 0 Å². The summed E-state index contributed by atoms with van der Waals surface area (Å²) >= 11 is 0. The van der Waals surface area contributed by atoms with Crippen LogP contribution in [0.5, 0.6) is 0 Å². The zero-order valence-electron chi connectivity index (χ0n) is 12.5. The topological polar surface area (TPSA) is 20.6 Å². The molecule has 0 aliphatic carbocycles. The molecule has 108 valence electrons. The van der Waals surface area contributed by atoms with E-state index in [0.29, 0.717) is 6.04 Å². The van der Waals surface area contributed by atoms with E-state index in [2.05, 4.69) is 58.9 Å². The van der Waals surface area contributed by atoms with Crippen LogP contribution in [0.2, 0.25) is 0 Å². The van der Waals surface area contributed by atoms with Crippen molar-refractivity contribution in [2.24, 2.45) is 7.05 Å². The second-order valence-corrected chi connectivity index (χ2v) is 5.73. The smallest absolute Gasteiger partial charge is 0.0678 e. The molecule has 1 aliphatic heterocycles. The molecule has 1 aromatic carbocycles. The molecule has 4 heteroatoms. The maximum absolute atomic E-state index is 5.40. The normalized spacial score (nSPS) is 20.8. The number of benzene rings is 1. The lowest BCUT2D eigenvalue weighted by molar-refractivity contribution is 0.143. The van der Waals surface area contributed by atoms with Crippen LogP contribution in [0.3, 0.4) is 0 Å². The van der Waals surface area contributed by atoms with Crippen molar-refractivity contribution in [3.63, 3.8) is 0 Å². The summed E-state index contributed by atoms with van der Waals surface area (Å²) in [4.78, 5) is 4.86. The predicted molar refractivity (Wildman–Crippen MR) is 83.4 cm³/mol. The molecule has 0 saturated carbocycles. The van der Waals surface area contributed by atoms with Crippen LogP contribution in [0.15, 0.2) is 30.5 Å². The first kappa shape index (κ1) is 13.5. The van der Waals surface area contributed by atoms with Gasteiger partial charge in [-0.05, 0) is 31.3 Å². The highest BCUT2D eigenvalue weighted by Crippen LogP contribution is 2.25. The van der Waals surface area contributed by atoms with Crippen LogP contribution in [0.1, 0.15) is 0 Å². The molecule has 1 aromatic heterocycles. The van der Waals surface area contributed by atoms with E-state index >= 15 is 0 Å². The summed E-state index contributed by atoms with van der Waals surface area (Å²) in [6, 6.07) is 9.35. The molecule has 0 unspecified atom stereocenters. The average Bonchev–Trinajstić information content (AvgIpc) is 2.80.